The van der Waals surface area contributed by atoms with Gasteiger partial charge in [0.2, 0.25) is 30.3 Å². The molecule has 3 aliphatic heterocycles. The molecule has 3 aliphatic rings. The van der Waals surface area contributed by atoms with Crippen LogP contribution >= 0.6 is 0 Å². The molecule has 0 aromatic heterocycles. The van der Waals surface area contributed by atoms with E-state index >= 15 is 0 Å². The molecule has 3 atom stereocenters. The normalized spacial score (nSPS) is 21.0. The molecule has 5 rings (SSSR count). The monoisotopic (exact) mass is 651 g/mol. The van der Waals surface area contributed by atoms with Gasteiger partial charge in [0, 0.05) is 55.7 Å². The second-order valence-corrected chi connectivity index (χ2v) is 13.7. The second kappa shape index (κ2) is 14.3. The maximum atomic E-state index is 14.2. The maximum absolute atomic E-state index is 14.2. The zero-order valence-corrected chi connectivity index (χ0v) is 28.1. The summed E-state index contributed by atoms with van der Waals surface area (Å²) in [6.07, 6.45) is 2.27. The highest BCUT2D eigenvalue weighted by molar-refractivity contribution is 6.02. The van der Waals surface area contributed by atoms with E-state index in [1.165, 1.54) is 12.0 Å². The second-order valence-electron chi connectivity index (χ2n) is 13.7. The number of hydrogen-bond acceptors (Lipinski definition) is 8. The molecule has 2 aromatic carbocycles. The van der Waals surface area contributed by atoms with Gasteiger partial charge in [-0.25, -0.2) is 0 Å². The summed E-state index contributed by atoms with van der Waals surface area (Å²) in [5, 5.41) is 10.7. The van der Waals surface area contributed by atoms with Gasteiger partial charge in [-0.3, -0.25) is 29.0 Å². The van der Waals surface area contributed by atoms with Gasteiger partial charge >= 0.3 is 5.97 Å². The fraction of sp³-hybridized carbons (Fsp3) is 0.543. The lowest BCUT2D eigenvalue weighted by Gasteiger charge is -2.31. The highest BCUT2D eigenvalue weighted by Gasteiger charge is 2.48. The quantitative estimate of drug-likeness (QED) is 0.242. The Morgan fingerprint density at radius 2 is 1.83 bits per heavy atom. The molecule has 0 bridgehead atoms. The number of carboxylic acids is 1. The van der Waals surface area contributed by atoms with Gasteiger partial charge < -0.3 is 28.7 Å². The van der Waals surface area contributed by atoms with E-state index in [4.69, 9.17) is 14.2 Å². The zero-order chi connectivity index (χ0) is 33.9. The Morgan fingerprint density at radius 1 is 1.09 bits per heavy atom. The van der Waals surface area contributed by atoms with Gasteiger partial charge in [-0.05, 0) is 42.7 Å². The Hall–Kier alpha value is -4.16. The first kappa shape index (κ1) is 34.2. The van der Waals surface area contributed by atoms with Gasteiger partial charge in [0.15, 0.2) is 11.5 Å². The third kappa shape index (κ3) is 7.70. The molecule has 2 aromatic rings. The Morgan fingerprint density at radius 3 is 2.49 bits per heavy atom. The number of anilines is 1. The summed E-state index contributed by atoms with van der Waals surface area (Å²) in [5.41, 5.74) is 2.62. The van der Waals surface area contributed by atoms with Crippen LogP contribution in [0.1, 0.15) is 56.1 Å². The summed E-state index contributed by atoms with van der Waals surface area (Å²) in [6, 6.07) is 11.0. The summed E-state index contributed by atoms with van der Waals surface area (Å²) >= 11 is 0. The SMILES string of the molecule is CCCCN(C(=O)CN1CC(c2cc(OC)c3c(c2)OCO3)C(C(=O)O)C1CCN1C(=O)CCC1=O)c1cccc(C[N+](C)(C)C)c1. The Kier molecular flexibility index (Phi) is 10.4. The molecule has 0 saturated carbocycles. The van der Waals surface area contributed by atoms with Crippen molar-refractivity contribution in [3.63, 3.8) is 0 Å². The lowest BCUT2D eigenvalue weighted by molar-refractivity contribution is -0.884. The number of amides is 3. The summed E-state index contributed by atoms with van der Waals surface area (Å²) in [5.74, 6) is -1.70. The van der Waals surface area contributed by atoms with Crippen molar-refractivity contribution in [3.8, 4) is 17.2 Å². The van der Waals surface area contributed by atoms with Crippen molar-refractivity contribution in [2.24, 2.45) is 5.92 Å². The molecule has 3 unspecified atom stereocenters. The molecule has 1 N–H and O–H groups in total. The minimum Gasteiger partial charge on any atom is -0.493 e. The molecule has 0 aliphatic carbocycles. The molecular formula is C35H47N4O8+. The lowest BCUT2D eigenvalue weighted by atomic mass is 9.84. The standard InChI is InChI=1S/C35H46N4O8/c1-6-7-14-37(25-10-8-9-23(16-25)21-39(2,3)4)32(42)20-36-19-26(24-17-28(45-5)34-29(18-24)46-22-47-34)33(35(43)44)27(36)13-15-38-30(40)11-12-31(38)41/h8-10,16-18,26-27,33H,6-7,11-15,19-22H2,1-5H3/p+1. The van der Waals surface area contributed by atoms with E-state index in [0.29, 0.717) is 29.4 Å². The number of carboxylic acid groups (broad SMARTS) is 1. The molecule has 3 amide bonds. The first-order valence-electron chi connectivity index (χ1n) is 16.4. The molecule has 2 saturated heterocycles. The van der Waals surface area contributed by atoms with E-state index in [1.54, 1.807) is 17.0 Å². The number of unbranched alkanes of at least 4 members (excludes halogenated alkanes) is 1. The number of ether oxygens (including phenoxy) is 3. The largest absolute Gasteiger partial charge is 0.493 e. The lowest BCUT2D eigenvalue weighted by Crippen LogP contribution is -2.46. The molecule has 0 spiro atoms. The number of methoxy groups -OCH3 is 1. The number of hydrogen-bond donors (Lipinski definition) is 1. The minimum absolute atomic E-state index is 0.0161. The van der Waals surface area contributed by atoms with Gasteiger partial charge in [-0.15, -0.1) is 0 Å². The summed E-state index contributed by atoms with van der Waals surface area (Å²) in [4.78, 5) is 57.1. The Balaban J connectivity index is 1.47. The molecule has 12 nitrogen and oxygen atoms in total. The van der Waals surface area contributed by atoms with E-state index in [0.717, 1.165) is 35.1 Å². The van der Waals surface area contributed by atoms with Crippen LogP contribution in [0.25, 0.3) is 0 Å². The van der Waals surface area contributed by atoms with Gasteiger partial charge in [-0.2, -0.15) is 0 Å². The van der Waals surface area contributed by atoms with Crippen LogP contribution in [0.3, 0.4) is 0 Å². The first-order chi connectivity index (χ1) is 22.4. The van der Waals surface area contributed by atoms with Crippen molar-refractivity contribution in [1.82, 2.24) is 9.80 Å². The highest BCUT2D eigenvalue weighted by atomic mass is 16.7. The van der Waals surface area contributed by atoms with Crippen LogP contribution in [0.5, 0.6) is 17.2 Å². The number of imide groups is 1. The van der Waals surface area contributed by atoms with Crippen LogP contribution in [0, 0.1) is 5.92 Å². The van der Waals surface area contributed by atoms with Gasteiger partial charge in [0.1, 0.15) is 6.54 Å². The number of carbonyl (C=O) groups is 4. The summed E-state index contributed by atoms with van der Waals surface area (Å²) in [6.45, 7) is 3.80. The van der Waals surface area contributed by atoms with E-state index < -0.39 is 23.8 Å². The molecule has 0 radical (unpaired) electrons. The van der Waals surface area contributed by atoms with E-state index in [1.807, 2.05) is 17.0 Å². The summed E-state index contributed by atoms with van der Waals surface area (Å²) in [7, 11) is 7.88. The average Bonchev–Trinajstić information content (AvgIpc) is 3.72. The van der Waals surface area contributed by atoms with Crippen molar-refractivity contribution in [2.45, 2.75) is 57.5 Å². The zero-order valence-electron chi connectivity index (χ0n) is 28.1. The molecule has 12 heteroatoms. The topological polar surface area (TPSA) is 126 Å². The van der Waals surface area contributed by atoms with E-state index in [9.17, 15) is 24.3 Å². The highest BCUT2D eigenvalue weighted by Crippen LogP contribution is 2.47. The minimum atomic E-state index is -1.01. The van der Waals surface area contributed by atoms with Crippen LogP contribution in [0.4, 0.5) is 5.69 Å². The molecule has 3 heterocycles. The number of rotatable bonds is 14. The molecule has 47 heavy (non-hydrogen) atoms. The molecular weight excluding hydrogens is 604 g/mol. The van der Waals surface area contributed by atoms with Crippen LogP contribution in [-0.4, -0.2) is 110 Å². The smallest absolute Gasteiger partial charge is 0.308 e. The van der Waals surface area contributed by atoms with Gasteiger partial charge in [0.05, 0.1) is 40.7 Å². The summed E-state index contributed by atoms with van der Waals surface area (Å²) < 4.78 is 17.5. The number of nitrogens with zero attached hydrogens (tertiary/aromatic N) is 4. The molecule has 254 valence electrons. The van der Waals surface area contributed by atoms with Crippen LogP contribution in [0.2, 0.25) is 0 Å². The van der Waals surface area contributed by atoms with E-state index in [-0.39, 0.29) is 63.4 Å². The third-order valence-electron chi connectivity index (χ3n) is 9.20. The number of quaternary nitrogens is 1. The van der Waals surface area contributed by atoms with Crippen LogP contribution < -0.4 is 19.1 Å². The van der Waals surface area contributed by atoms with Gasteiger partial charge in [-0.1, -0.05) is 25.5 Å². The average molecular weight is 652 g/mol. The Labute approximate surface area is 276 Å². The van der Waals surface area contributed by atoms with Crippen LogP contribution in [0.15, 0.2) is 36.4 Å². The fourth-order valence-corrected chi connectivity index (χ4v) is 7.03. The number of benzene rings is 2. The van der Waals surface area contributed by atoms with Crippen molar-refractivity contribution in [3.05, 3.63) is 47.5 Å². The predicted octanol–water partition coefficient (Wildman–Crippen LogP) is 3.47. The van der Waals surface area contributed by atoms with Crippen molar-refractivity contribution < 1.29 is 43.0 Å². The van der Waals surface area contributed by atoms with E-state index in [2.05, 4.69) is 40.2 Å². The number of fused-ring (bicyclic) bond motifs is 1. The van der Waals surface area contributed by atoms with Crippen molar-refractivity contribution in [1.29, 1.82) is 0 Å². The van der Waals surface area contributed by atoms with Crippen molar-refractivity contribution >= 4 is 29.4 Å². The Bertz CT molecular complexity index is 1490. The fourth-order valence-electron chi connectivity index (χ4n) is 7.03. The number of likely N-dealkylation sites (tertiary alicyclic amines) is 2. The van der Waals surface area contributed by atoms with Crippen molar-refractivity contribution in [2.75, 3.05) is 66.1 Å². The maximum Gasteiger partial charge on any atom is 0.308 e. The number of aliphatic carboxylic acids is 1. The van der Waals surface area contributed by atoms with Crippen LogP contribution in [-0.2, 0) is 25.7 Å². The molecule has 2 fully saturated rings. The number of carbonyl (C=O) groups excluding carboxylic acids is 3. The van der Waals surface area contributed by atoms with Gasteiger partial charge in [0.25, 0.3) is 0 Å². The predicted molar refractivity (Wildman–Crippen MR) is 174 cm³/mol. The third-order valence-corrected chi connectivity index (χ3v) is 9.20. The first-order valence-corrected chi connectivity index (χ1v) is 16.4.